The summed E-state index contributed by atoms with van der Waals surface area (Å²) < 4.78 is 60.4. The molecular formula is C25H32F4O. The molecule has 0 spiro atoms. The summed E-state index contributed by atoms with van der Waals surface area (Å²) in [6.45, 7) is 4.26. The molecule has 0 radical (unpaired) electrons. The van der Waals surface area contributed by atoms with E-state index in [2.05, 4.69) is 13.8 Å². The molecule has 5 heteroatoms. The third-order valence-corrected chi connectivity index (χ3v) is 5.97. The van der Waals surface area contributed by atoms with Crippen LogP contribution in [0.1, 0.15) is 77.2 Å². The van der Waals surface area contributed by atoms with Crippen molar-refractivity contribution >= 4 is 0 Å². The zero-order valence-electron chi connectivity index (χ0n) is 18.2. The predicted molar refractivity (Wildman–Crippen MR) is 113 cm³/mol. The van der Waals surface area contributed by atoms with Crippen molar-refractivity contribution in [2.45, 2.75) is 77.2 Å². The Hall–Kier alpha value is -1.88. The number of methoxy groups -OCH3 is 1. The van der Waals surface area contributed by atoms with Crippen molar-refractivity contribution in [3.8, 4) is 11.1 Å². The molecule has 166 valence electrons. The van der Waals surface area contributed by atoms with Crippen LogP contribution in [0.15, 0.2) is 30.3 Å². The zero-order valence-corrected chi connectivity index (χ0v) is 18.2. The summed E-state index contributed by atoms with van der Waals surface area (Å²) in [4.78, 5) is 0. The first-order valence-electron chi connectivity index (χ1n) is 10.9. The lowest BCUT2D eigenvalue weighted by Crippen LogP contribution is -2.27. The molecule has 0 bridgehead atoms. The first kappa shape index (κ1) is 24.4. The summed E-state index contributed by atoms with van der Waals surface area (Å²) in [5, 5.41) is 0. The zero-order chi connectivity index (χ0) is 22.1. The monoisotopic (exact) mass is 424 g/mol. The van der Waals surface area contributed by atoms with E-state index < -0.39 is 28.9 Å². The van der Waals surface area contributed by atoms with Crippen molar-refractivity contribution in [2.24, 2.45) is 0 Å². The van der Waals surface area contributed by atoms with Crippen LogP contribution in [0.25, 0.3) is 11.1 Å². The Morgan fingerprint density at radius 2 is 1.37 bits per heavy atom. The van der Waals surface area contributed by atoms with Gasteiger partial charge in [-0.25, -0.2) is 17.6 Å². The Morgan fingerprint density at radius 3 is 1.93 bits per heavy atom. The summed E-state index contributed by atoms with van der Waals surface area (Å²) in [5.41, 5.74) is 0.459. The lowest BCUT2D eigenvalue weighted by molar-refractivity contribution is -0.0276. The second-order valence-corrected chi connectivity index (χ2v) is 7.85. The van der Waals surface area contributed by atoms with Crippen molar-refractivity contribution in [2.75, 3.05) is 7.11 Å². The maximum atomic E-state index is 14.1. The van der Waals surface area contributed by atoms with Gasteiger partial charge in [-0.05, 0) is 30.0 Å². The van der Waals surface area contributed by atoms with Gasteiger partial charge in [0.1, 0.15) is 0 Å². The summed E-state index contributed by atoms with van der Waals surface area (Å²) in [7, 11) is 1.68. The molecule has 0 saturated carbocycles. The fourth-order valence-corrected chi connectivity index (χ4v) is 3.99. The number of ether oxygens (including phenoxy) is 1. The molecule has 0 aliphatic carbocycles. The minimum absolute atomic E-state index is 0.283. The highest BCUT2D eigenvalue weighted by molar-refractivity contribution is 5.65. The van der Waals surface area contributed by atoms with Crippen molar-refractivity contribution in [1.29, 1.82) is 0 Å². The van der Waals surface area contributed by atoms with Crippen LogP contribution in [-0.4, -0.2) is 7.11 Å². The Balaban J connectivity index is 2.13. The number of hydrogen-bond donors (Lipinski definition) is 0. The summed E-state index contributed by atoms with van der Waals surface area (Å²) >= 11 is 0. The van der Waals surface area contributed by atoms with Crippen molar-refractivity contribution in [3.63, 3.8) is 0 Å². The Bertz CT molecular complexity index is 798. The van der Waals surface area contributed by atoms with Gasteiger partial charge in [-0.2, -0.15) is 0 Å². The van der Waals surface area contributed by atoms with E-state index in [0.717, 1.165) is 31.2 Å². The number of benzene rings is 2. The highest BCUT2D eigenvalue weighted by Crippen LogP contribution is 2.36. The number of halogens is 4. The van der Waals surface area contributed by atoms with Crippen LogP contribution in [0.2, 0.25) is 0 Å². The molecule has 2 aromatic carbocycles. The maximum Gasteiger partial charge on any atom is 0.198 e. The second-order valence-electron chi connectivity index (χ2n) is 7.85. The SMILES string of the molecule is CCCCCCCCCC(CC)(OC)c1ccc(-c2cc(F)c(F)c(F)c2F)cc1. The Kier molecular flexibility index (Phi) is 9.35. The Morgan fingerprint density at radius 1 is 0.767 bits per heavy atom. The van der Waals surface area contributed by atoms with Gasteiger partial charge in [0.25, 0.3) is 0 Å². The summed E-state index contributed by atoms with van der Waals surface area (Å²) in [6.07, 6.45) is 10.1. The van der Waals surface area contributed by atoms with E-state index >= 15 is 0 Å². The molecule has 0 fully saturated rings. The third-order valence-electron chi connectivity index (χ3n) is 5.97. The van der Waals surface area contributed by atoms with Crippen LogP contribution >= 0.6 is 0 Å². The fourth-order valence-electron chi connectivity index (χ4n) is 3.99. The molecule has 0 amide bonds. The van der Waals surface area contributed by atoms with E-state index in [0.29, 0.717) is 6.07 Å². The highest BCUT2D eigenvalue weighted by atomic mass is 19.2. The van der Waals surface area contributed by atoms with Gasteiger partial charge < -0.3 is 4.74 Å². The molecule has 0 aromatic heterocycles. The second kappa shape index (κ2) is 11.5. The van der Waals surface area contributed by atoms with Crippen molar-refractivity contribution < 1.29 is 22.3 Å². The molecule has 1 unspecified atom stereocenters. The first-order chi connectivity index (χ1) is 14.4. The van der Waals surface area contributed by atoms with Crippen LogP contribution in [0.4, 0.5) is 17.6 Å². The topological polar surface area (TPSA) is 9.23 Å². The highest BCUT2D eigenvalue weighted by Gasteiger charge is 2.29. The van der Waals surface area contributed by atoms with Crippen LogP contribution in [0.5, 0.6) is 0 Å². The molecule has 0 aliphatic heterocycles. The number of rotatable bonds is 12. The quantitative estimate of drug-likeness (QED) is 0.144. The van der Waals surface area contributed by atoms with E-state index in [4.69, 9.17) is 4.74 Å². The average molecular weight is 425 g/mol. The number of unbranched alkanes of at least 4 members (excludes halogenated alkanes) is 6. The normalized spacial score (nSPS) is 13.4. The van der Waals surface area contributed by atoms with E-state index in [-0.39, 0.29) is 11.1 Å². The number of hydrogen-bond acceptors (Lipinski definition) is 1. The van der Waals surface area contributed by atoms with Crippen LogP contribution < -0.4 is 0 Å². The van der Waals surface area contributed by atoms with Gasteiger partial charge in [-0.1, -0.05) is 83.1 Å². The molecule has 0 heterocycles. The molecule has 1 nitrogen and oxygen atoms in total. The van der Waals surface area contributed by atoms with Gasteiger partial charge in [0.05, 0.1) is 5.60 Å². The van der Waals surface area contributed by atoms with Gasteiger partial charge in [0.15, 0.2) is 23.3 Å². The predicted octanol–water partition coefficient (Wildman–Crippen LogP) is 8.30. The smallest absolute Gasteiger partial charge is 0.198 e. The van der Waals surface area contributed by atoms with Gasteiger partial charge in [0.2, 0.25) is 0 Å². The van der Waals surface area contributed by atoms with Gasteiger partial charge in [-0.3, -0.25) is 0 Å². The molecule has 2 rings (SSSR count). The minimum atomic E-state index is -1.80. The van der Waals surface area contributed by atoms with Crippen LogP contribution in [-0.2, 0) is 10.3 Å². The molecule has 30 heavy (non-hydrogen) atoms. The average Bonchev–Trinajstić information content (AvgIpc) is 2.77. The molecular weight excluding hydrogens is 392 g/mol. The van der Waals surface area contributed by atoms with Gasteiger partial charge in [-0.15, -0.1) is 0 Å². The van der Waals surface area contributed by atoms with E-state index in [9.17, 15) is 17.6 Å². The van der Waals surface area contributed by atoms with E-state index in [1.165, 1.54) is 32.1 Å². The first-order valence-corrected chi connectivity index (χ1v) is 10.9. The van der Waals surface area contributed by atoms with E-state index in [1.807, 2.05) is 0 Å². The molecule has 0 saturated heterocycles. The maximum absolute atomic E-state index is 14.1. The standard InChI is InChI=1S/C25H32F4O/c1-4-6-7-8-9-10-11-16-25(5-2,30-3)19-14-12-18(13-15-19)20-17-21(26)23(28)24(29)22(20)27/h12-15,17H,4-11,16H2,1-3H3. The van der Waals surface area contributed by atoms with Crippen LogP contribution in [0, 0.1) is 23.3 Å². The molecule has 2 aromatic rings. The minimum Gasteiger partial charge on any atom is -0.374 e. The van der Waals surface area contributed by atoms with Crippen LogP contribution in [0.3, 0.4) is 0 Å². The molecule has 0 N–H and O–H groups in total. The third kappa shape index (κ3) is 5.63. The van der Waals surface area contributed by atoms with Crippen molar-refractivity contribution in [1.82, 2.24) is 0 Å². The van der Waals surface area contributed by atoms with E-state index in [1.54, 1.807) is 31.4 Å². The lowest BCUT2D eigenvalue weighted by Gasteiger charge is -2.32. The van der Waals surface area contributed by atoms with Gasteiger partial charge >= 0.3 is 0 Å². The van der Waals surface area contributed by atoms with Gasteiger partial charge in [0, 0.05) is 12.7 Å². The Labute approximate surface area is 177 Å². The fraction of sp³-hybridized carbons (Fsp3) is 0.520. The summed E-state index contributed by atoms with van der Waals surface area (Å²) in [6, 6.07) is 7.46. The molecule has 0 aliphatic rings. The summed E-state index contributed by atoms with van der Waals surface area (Å²) in [5.74, 6) is -6.40. The van der Waals surface area contributed by atoms with Crippen molar-refractivity contribution in [3.05, 3.63) is 59.2 Å². The lowest BCUT2D eigenvalue weighted by atomic mass is 9.84. The molecule has 1 atom stereocenters. The largest absolute Gasteiger partial charge is 0.374 e.